The van der Waals surface area contributed by atoms with E-state index < -0.39 is 42.3 Å². The van der Waals surface area contributed by atoms with Gasteiger partial charge < -0.3 is 0 Å². The number of carbonyl (C=O) groups excluding carboxylic acids is 1. The lowest BCUT2D eigenvalue weighted by Gasteiger charge is -2.35. The molecule has 2 N–H and O–H groups in total. The molecular weight excluding hydrogens is 372 g/mol. The molecule has 0 fully saturated rings. The zero-order valence-corrected chi connectivity index (χ0v) is 14.6. The van der Waals surface area contributed by atoms with E-state index in [0.29, 0.717) is 10.7 Å². The summed E-state index contributed by atoms with van der Waals surface area (Å²) in [5.41, 5.74) is 0.314. The van der Waals surface area contributed by atoms with E-state index in [1.54, 1.807) is 0 Å². The monoisotopic (exact) mass is 386 g/mol. The van der Waals surface area contributed by atoms with Crippen LogP contribution < -0.4 is 10.4 Å². The number of fused-ring (bicyclic) bond motifs is 1. The Balaban J connectivity index is 2.43. The summed E-state index contributed by atoms with van der Waals surface area (Å²) in [6.45, 7) is 1.50. The quantitative estimate of drug-likeness (QED) is 0.639. The van der Waals surface area contributed by atoms with Gasteiger partial charge in [0.1, 0.15) is 0 Å². The van der Waals surface area contributed by atoms with E-state index in [-0.39, 0.29) is 16.9 Å². The Morgan fingerprint density at radius 2 is 1.80 bits per heavy atom. The van der Waals surface area contributed by atoms with E-state index in [9.17, 15) is 30.7 Å². The summed E-state index contributed by atoms with van der Waals surface area (Å²) in [6, 6.07) is 5.85. The molecule has 1 heterocycles. The minimum Gasteiger partial charge on any atom is -0.283 e. The van der Waals surface area contributed by atoms with Crippen molar-refractivity contribution in [3.63, 3.8) is 0 Å². The lowest BCUT2D eigenvalue weighted by atomic mass is 10.0. The molecule has 1 atom stereocenters. The molecule has 11 heteroatoms. The number of nitrogens with zero attached hydrogens (tertiary/aromatic N) is 2. The molecule has 1 aliphatic carbocycles. The summed E-state index contributed by atoms with van der Waals surface area (Å²) in [4.78, 5) is 9.13. The van der Waals surface area contributed by atoms with Crippen LogP contribution in [-0.2, 0) is 25.0 Å². The standard InChI is InChI=1S/C14H14N2O7S2/c1-9-6-13(17)16(15-9)14(25(21,22)23)7-10-4-2-3-5-11(10)12(8-14)24(18,19)20/h2-5,7H,6,8H2,1H3,(H,18,19,20)(H,21,22,23). The van der Waals surface area contributed by atoms with E-state index in [0.717, 1.165) is 6.08 Å². The van der Waals surface area contributed by atoms with Gasteiger partial charge in [0.2, 0.25) is 10.8 Å². The highest BCUT2D eigenvalue weighted by molar-refractivity contribution is 7.95. The van der Waals surface area contributed by atoms with Gasteiger partial charge >= 0.3 is 0 Å². The molecule has 0 aromatic heterocycles. The number of hydrogen-bond acceptors (Lipinski definition) is 6. The molecule has 2 aliphatic rings. The van der Waals surface area contributed by atoms with E-state index in [1.807, 2.05) is 0 Å². The molecule has 1 aliphatic heterocycles. The molecule has 3 rings (SSSR count). The minimum atomic E-state index is -5.02. The predicted octanol–water partition coefficient (Wildman–Crippen LogP) is -0.941. The molecule has 0 saturated carbocycles. The summed E-state index contributed by atoms with van der Waals surface area (Å²) < 4.78 is 67.4. The third kappa shape index (κ3) is 2.78. The van der Waals surface area contributed by atoms with Crippen LogP contribution in [0.25, 0.3) is 11.0 Å². The molecule has 0 radical (unpaired) electrons. The molecule has 0 saturated heterocycles. The zero-order valence-electron chi connectivity index (χ0n) is 12.9. The predicted molar refractivity (Wildman–Crippen MR) is 88.6 cm³/mol. The number of hydrogen-bond donors (Lipinski definition) is 2. The summed E-state index contributed by atoms with van der Waals surface area (Å²) in [6.07, 6.45) is 0.0600. The fraction of sp³-hybridized carbons (Fsp3) is 0.286. The van der Waals surface area contributed by atoms with Crippen LogP contribution in [0.1, 0.15) is 19.8 Å². The summed E-state index contributed by atoms with van der Waals surface area (Å²) in [5, 5.41) is 4.65. The molecule has 1 amide bonds. The maximum atomic E-state index is 12.2. The van der Waals surface area contributed by atoms with Crippen LogP contribution in [0, 0.1) is 0 Å². The van der Waals surface area contributed by atoms with Crippen molar-refractivity contribution >= 4 is 42.8 Å². The Labute approximate surface area is 143 Å². The third-order valence-electron chi connectivity index (χ3n) is 4.09. The number of amides is 1. The van der Waals surface area contributed by atoms with Crippen LogP contribution in [0.4, 0.5) is 0 Å². The van der Waals surface area contributed by atoms with Crippen molar-refractivity contribution in [2.24, 2.45) is 5.10 Å². The van der Waals surface area contributed by atoms with Crippen molar-refractivity contribution in [1.82, 2.24) is 5.01 Å². The van der Waals surface area contributed by atoms with Gasteiger partial charge in [-0.2, -0.15) is 21.9 Å². The largest absolute Gasteiger partial charge is 0.295 e. The maximum Gasteiger partial charge on any atom is 0.295 e. The molecule has 1 unspecified atom stereocenters. The SMILES string of the molecule is CC1=NN(C2(S(=O)(=O)O)C=c3ccccc3=C(S(=O)(=O)O)C2)C(=O)C1. The molecule has 1 aromatic carbocycles. The molecular formula is C14H14N2O7S2. The van der Waals surface area contributed by atoms with E-state index in [2.05, 4.69) is 5.10 Å². The Morgan fingerprint density at radius 1 is 1.16 bits per heavy atom. The van der Waals surface area contributed by atoms with Gasteiger partial charge in [-0.15, -0.1) is 0 Å². The van der Waals surface area contributed by atoms with E-state index >= 15 is 0 Å². The first-order valence-electron chi connectivity index (χ1n) is 7.08. The fourth-order valence-electron chi connectivity index (χ4n) is 2.99. The first kappa shape index (κ1) is 17.7. The second kappa shape index (κ2) is 5.46. The molecule has 1 aromatic rings. The Bertz CT molecular complexity index is 1140. The van der Waals surface area contributed by atoms with Crippen LogP contribution >= 0.6 is 0 Å². The number of rotatable bonds is 3. The normalized spacial score (nSPS) is 24.0. The van der Waals surface area contributed by atoms with Crippen molar-refractivity contribution in [1.29, 1.82) is 0 Å². The highest BCUT2D eigenvalue weighted by Gasteiger charge is 2.53. The van der Waals surface area contributed by atoms with Crippen molar-refractivity contribution in [3.8, 4) is 0 Å². The number of benzene rings is 1. The van der Waals surface area contributed by atoms with Crippen LogP contribution in [0.15, 0.2) is 29.4 Å². The van der Waals surface area contributed by atoms with Crippen LogP contribution in [-0.4, -0.2) is 47.4 Å². The van der Waals surface area contributed by atoms with Crippen molar-refractivity contribution in [2.75, 3.05) is 0 Å². The first-order valence-corrected chi connectivity index (χ1v) is 9.96. The van der Waals surface area contributed by atoms with E-state index in [4.69, 9.17) is 0 Å². The van der Waals surface area contributed by atoms with Gasteiger partial charge in [-0.05, 0) is 23.4 Å². The third-order valence-corrected chi connectivity index (χ3v) is 6.40. The van der Waals surface area contributed by atoms with Gasteiger partial charge in [-0.1, -0.05) is 24.3 Å². The van der Waals surface area contributed by atoms with Crippen LogP contribution in [0.3, 0.4) is 0 Å². The molecule has 9 nitrogen and oxygen atoms in total. The van der Waals surface area contributed by atoms with Crippen LogP contribution in [0.5, 0.6) is 0 Å². The smallest absolute Gasteiger partial charge is 0.283 e. The highest BCUT2D eigenvalue weighted by Crippen LogP contribution is 2.37. The van der Waals surface area contributed by atoms with Gasteiger partial charge in [0.15, 0.2) is 0 Å². The van der Waals surface area contributed by atoms with Gasteiger partial charge in [-0.3, -0.25) is 13.9 Å². The zero-order chi connectivity index (χ0) is 18.6. The summed E-state index contributed by atoms with van der Waals surface area (Å²) in [5.74, 6) is -0.708. The average Bonchev–Trinajstić information content (AvgIpc) is 2.83. The van der Waals surface area contributed by atoms with Crippen molar-refractivity contribution in [2.45, 2.75) is 24.6 Å². The maximum absolute atomic E-state index is 12.2. The summed E-state index contributed by atoms with van der Waals surface area (Å²) in [7, 11) is -9.81. The lowest BCUT2D eigenvalue weighted by Crippen LogP contribution is -2.56. The summed E-state index contributed by atoms with van der Waals surface area (Å²) >= 11 is 0. The number of carbonyl (C=O) groups is 1. The topological polar surface area (TPSA) is 141 Å². The van der Waals surface area contributed by atoms with Gasteiger partial charge in [0, 0.05) is 12.1 Å². The lowest BCUT2D eigenvalue weighted by molar-refractivity contribution is -0.130. The van der Waals surface area contributed by atoms with Gasteiger partial charge in [-0.25, -0.2) is 5.01 Å². The average molecular weight is 386 g/mol. The van der Waals surface area contributed by atoms with E-state index in [1.165, 1.54) is 31.2 Å². The molecule has 134 valence electrons. The Morgan fingerprint density at radius 3 is 2.32 bits per heavy atom. The second-order valence-corrected chi connectivity index (χ2v) is 8.94. The molecule has 0 spiro atoms. The first-order chi connectivity index (χ1) is 11.5. The van der Waals surface area contributed by atoms with Crippen molar-refractivity contribution in [3.05, 3.63) is 34.7 Å². The fourth-order valence-corrected chi connectivity index (χ4v) is 4.91. The van der Waals surface area contributed by atoms with Gasteiger partial charge in [0.05, 0.1) is 11.3 Å². The van der Waals surface area contributed by atoms with Gasteiger partial charge in [0.25, 0.3) is 20.2 Å². The number of hydrazone groups is 1. The minimum absolute atomic E-state index is 0.0941. The van der Waals surface area contributed by atoms with Crippen LogP contribution in [0.2, 0.25) is 0 Å². The van der Waals surface area contributed by atoms with Crippen molar-refractivity contribution < 1.29 is 30.7 Å². The highest BCUT2D eigenvalue weighted by atomic mass is 32.2. The molecule has 0 bridgehead atoms. The second-order valence-electron chi connectivity index (χ2n) is 5.84. The Hall–Kier alpha value is -2.08. The Kier molecular flexibility index (Phi) is 3.87. The molecule has 25 heavy (non-hydrogen) atoms.